The molecule has 1 aliphatic rings. The van der Waals surface area contributed by atoms with E-state index in [1.165, 1.54) is 52.3 Å². The summed E-state index contributed by atoms with van der Waals surface area (Å²) in [5.74, 6) is 1.97. The fraction of sp³-hybridized carbons (Fsp3) is 0. The Balaban J connectivity index is 1.31. The van der Waals surface area contributed by atoms with Gasteiger partial charge >= 0.3 is 0 Å². The van der Waals surface area contributed by atoms with Crippen LogP contribution >= 0.6 is 10.0 Å². The van der Waals surface area contributed by atoms with Gasteiger partial charge in [-0.1, -0.05) is 164 Å². The minimum absolute atomic E-state index is 0.657. The Kier molecular flexibility index (Phi) is 6.90. The molecule has 8 aromatic carbocycles. The van der Waals surface area contributed by atoms with E-state index < -0.39 is 10.0 Å². The number of aromatic nitrogens is 3. The molecule has 0 saturated heterocycles. The maximum Gasteiger partial charge on any atom is 0.164 e. The molecule has 0 N–H and O–H groups in total. The third kappa shape index (κ3) is 4.64. The second kappa shape index (κ2) is 11.9. The molecule has 10 rings (SSSR count). The van der Waals surface area contributed by atoms with E-state index in [1.807, 2.05) is 36.4 Å². The molecule has 0 saturated carbocycles. The molecule has 0 radical (unpaired) electrons. The quantitative estimate of drug-likeness (QED) is 0.183. The molecule has 2 heterocycles. The van der Waals surface area contributed by atoms with Crippen LogP contribution < -0.4 is 0 Å². The highest BCUT2D eigenvalue weighted by Gasteiger charge is 2.43. The average molecular weight is 670 g/mol. The van der Waals surface area contributed by atoms with Crippen LogP contribution in [-0.4, -0.2) is 15.0 Å². The molecular formula is C47H31N3S. The van der Waals surface area contributed by atoms with Crippen molar-refractivity contribution in [2.45, 2.75) is 19.6 Å². The first-order valence-corrected chi connectivity index (χ1v) is 18.8. The molecule has 0 bridgehead atoms. The number of fused-ring (bicyclic) bond motifs is 5. The van der Waals surface area contributed by atoms with E-state index in [-0.39, 0.29) is 0 Å². The summed E-state index contributed by atoms with van der Waals surface area (Å²) in [6, 6.07) is 67.6. The zero-order valence-electron chi connectivity index (χ0n) is 27.6. The zero-order chi connectivity index (χ0) is 33.8. The van der Waals surface area contributed by atoms with E-state index in [0.717, 1.165) is 16.7 Å². The predicted octanol–water partition coefficient (Wildman–Crippen LogP) is 12.5. The van der Waals surface area contributed by atoms with Crippen LogP contribution in [0.1, 0.15) is 0 Å². The fourth-order valence-corrected chi connectivity index (χ4v) is 12.3. The van der Waals surface area contributed by atoms with E-state index in [2.05, 4.69) is 152 Å². The first-order chi connectivity index (χ1) is 25.3. The lowest BCUT2D eigenvalue weighted by Crippen LogP contribution is -2.04. The fourth-order valence-electron chi connectivity index (χ4n) is 7.67. The van der Waals surface area contributed by atoms with Crippen LogP contribution in [0.2, 0.25) is 0 Å². The average Bonchev–Trinajstić information content (AvgIpc) is 3.51. The van der Waals surface area contributed by atoms with Gasteiger partial charge in [-0.3, -0.25) is 0 Å². The molecule has 9 aromatic rings. The molecule has 0 unspecified atom stereocenters. The molecule has 3 nitrogen and oxygen atoms in total. The summed E-state index contributed by atoms with van der Waals surface area (Å²) in [5, 5.41) is 5.02. The number of nitrogens with zero attached hydrogens (tertiary/aromatic N) is 3. The van der Waals surface area contributed by atoms with Crippen molar-refractivity contribution in [3.05, 3.63) is 188 Å². The lowest BCUT2D eigenvalue weighted by atomic mass is 10.0. The monoisotopic (exact) mass is 669 g/mol. The first-order valence-electron chi connectivity index (χ1n) is 17.2. The van der Waals surface area contributed by atoms with Crippen LogP contribution in [0, 0.1) is 0 Å². The molecule has 1 aromatic heterocycles. The van der Waals surface area contributed by atoms with E-state index in [1.54, 1.807) is 0 Å². The molecule has 0 aliphatic carbocycles. The standard InChI is InChI=1S/C47H31N3S/c1-3-17-34(18-4-1)45-48-46(35-19-5-2-6-20-35)50-47(49-45)36-29-30-40-39-25-11-12-26-43(39)51(44(40)31-36,41-27-13-21-32-15-7-9-23-37(32)41)42-28-14-22-33-16-8-10-24-38(33)42/h1-31H. The third-order valence-corrected chi connectivity index (χ3v) is 14.0. The highest BCUT2D eigenvalue weighted by Crippen LogP contribution is 2.81. The van der Waals surface area contributed by atoms with Crippen molar-refractivity contribution >= 4 is 31.6 Å². The molecule has 0 fully saturated rings. The lowest BCUT2D eigenvalue weighted by Gasteiger charge is -2.41. The van der Waals surface area contributed by atoms with Gasteiger partial charge in [0.1, 0.15) is 0 Å². The summed E-state index contributed by atoms with van der Waals surface area (Å²) in [6.45, 7) is 0. The molecule has 240 valence electrons. The Morgan fingerprint density at radius 1 is 0.294 bits per heavy atom. The van der Waals surface area contributed by atoms with Crippen LogP contribution in [0.5, 0.6) is 0 Å². The minimum Gasteiger partial charge on any atom is -0.208 e. The molecule has 51 heavy (non-hydrogen) atoms. The molecule has 0 amide bonds. The van der Waals surface area contributed by atoms with Crippen molar-refractivity contribution in [3.63, 3.8) is 0 Å². The Morgan fingerprint density at radius 2 is 0.725 bits per heavy atom. The number of hydrogen-bond acceptors (Lipinski definition) is 3. The second-order valence-corrected chi connectivity index (χ2v) is 15.8. The van der Waals surface area contributed by atoms with Crippen LogP contribution in [0.15, 0.2) is 208 Å². The maximum absolute atomic E-state index is 5.15. The molecule has 0 atom stereocenters. The van der Waals surface area contributed by atoms with Gasteiger partial charge < -0.3 is 0 Å². The van der Waals surface area contributed by atoms with Crippen molar-refractivity contribution in [3.8, 4) is 45.3 Å². The normalized spacial score (nSPS) is 13.5. The summed E-state index contributed by atoms with van der Waals surface area (Å²) in [4.78, 5) is 20.6. The predicted molar refractivity (Wildman–Crippen MR) is 210 cm³/mol. The van der Waals surface area contributed by atoms with E-state index in [4.69, 9.17) is 15.0 Å². The van der Waals surface area contributed by atoms with Crippen LogP contribution in [0.3, 0.4) is 0 Å². The smallest absolute Gasteiger partial charge is 0.164 e. The highest BCUT2D eigenvalue weighted by molar-refractivity contribution is 8.34. The summed E-state index contributed by atoms with van der Waals surface area (Å²) in [7, 11) is -2.02. The molecule has 0 spiro atoms. The molecule has 4 heteroatoms. The summed E-state index contributed by atoms with van der Waals surface area (Å²) >= 11 is 0. The van der Waals surface area contributed by atoms with Gasteiger partial charge in [0.05, 0.1) is 0 Å². The summed E-state index contributed by atoms with van der Waals surface area (Å²) in [6.07, 6.45) is 0. The Morgan fingerprint density at radius 3 is 1.31 bits per heavy atom. The minimum atomic E-state index is -2.02. The van der Waals surface area contributed by atoms with Crippen LogP contribution in [0.4, 0.5) is 0 Å². The third-order valence-electron chi connectivity index (χ3n) is 9.94. The number of hydrogen-bond donors (Lipinski definition) is 0. The van der Waals surface area contributed by atoms with Crippen LogP contribution in [-0.2, 0) is 0 Å². The summed E-state index contributed by atoms with van der Waals surface area (Å²) in [5.41, 5.74) is 5.42. The second-order valence-electron chi connectivity index (χ2n) is 12.8. The van der Waals surface area contributed by atoms with Gasteiger partial charge in [-0.25, -0.2) is 15.0 Å². The first kappa shape index (κ1) is 29.5. The van der Waals surface area contributed by atoms with Gasteiger partial charge in [0.2, 0.25) is 0 Å². The highest BCUT2D eigenvalue weighted by atomic mass is 32.3. The zero-order valence-corrected chi connectivity index (χ0v) is 28.5. The van der Waals surface area contributed by atoms with Gasteiger partial charge in [-0.15, -0.1) is 10.0 Å². The van der Waals surface area contributed by atoms with Gasteiger partial charge in [-0.2, -0.15) is 0 Å². The van der Waals surface area contributed by atoms with Gasteiger partial charge in [-0.05, 0) is 56.9 Å². The van der Waals surface area contributed by atoms with Gasteiger partial charge in [0.25, 0.3) is 0 Å². The van der Waals surface area contributed by atoms with E-state index in [0.29, 0.717) is 17.5 Å². The maximum atomic E-state index is 5.15. The molecule has 1 aliphatic heterocycles. The largest absolute Gasteiger partial charge is 0.208 e. The van der Waals surface area contributed by atoms with E-state index >= 15 is 0 Å². The SMILES string of the molecule is c1ccc(-c2nc(-c3ccccc3)nc(-c3ccc4c(c3)S(c3cccc5ccccc35)(c3cccc5ccccc35)c3ccccc3-4)n2)cc1. The number of rotatable bonds is 5. The summed E-state index contributed by atoms with van der Waals surface area (Å²) < 4.78 is 0. The van der Waals surface area contributed by atoms with Gasteiger partial charge in [0, 0.05) is 36.3 Å². The van der Waals surface area contributed by atoms with Crippen molar-refractivity contribution in [1.82, 2.24) is 15.0 Å². The Bertz CT molecular complexity index is 2610. The van der Waals surface area contributed by atoms with Crippen LogP contribution in [0.25, 0.3) is 66.8 Å². The van der Waals surface area contributed by atoms with Crippen molar-refractivity contribution in [2.24, 2.45) is 0 Å². The van der Waals surface area contributed by atoms with E-state index in [9.17, 15) is 0 Å². The number of benzene rings is 8. The molecular weight excluding hydrogens is 639 g/mol. The van der Waals surface area contributed by atoms with Crippen molar-refractivity contribution < 1.29 is 0 Å². The lowest BCUT2D eigenvalue weighted by molar-refractivity contribution is 1.07. The Labute approximate surface area is 298 Å². The Hall–Kier alpha value is -6.36. The topological polar surface area (TPSA) is 38.7 Å². The van der Waals surface area contributed by atoms with Crippen molar-refractivity contribution in [2.75, 3.05) is 0 Å². The van der Waals surface area contributed by atoms with Gasteiger partial charge in [0.15, 0.2) is 17.5 Å². The van der Waals surface area contributed by atoms with Crippen molar-refractivity contribution in [1.29, 1.82) is 0 Å².